The largest absolute Gasteiger partial charge is 0.482 e. The summed E-state index contributed by atoms with van der Waals surface area (Å²) >= 11 is 6.00. The number of sulfonamides is 1. The average molecular weight is 423 g/mol. The first kappa shape index (κ1) is 20.6. The van der Waals surface area contributed by atoms with Crippen molar-refractivity contribution in [3.63, 3.8) is 0 Å². The van der Waals surface area contributed by atoms with E-state index in [1.54, 1.807) is 42.5 Å². The van der Waals surface area contributed by atoms with E-state index in [0.29, 0.717) is 29.5 Å². The number of ether oxygens (including phenoxy) is 1. The van der Waals surface area contributed by atoms with Crippen molar-refractivity contribution in [2.24, 2.45) is 0 Å². The first-order chi connectivity index (χ1) is 13.5. The van der Waals surface area contributed by atoms with Gasteiger partial charge in [0, 0.05) is 18.8 Å². The van der Waals surface area contributed by atoms with Gasteiger partial charge in [0.1, 0.15) is 5.75 Å². The van der Waals surface area contributed by atoms with Crippen molar-refractivity contribution in [1.82, 2.24) is 4.31 Å². The highest BCUT2D eigenvalue weighted by atomic mass is 35.5. The molecular formula is C20H23ClN2O4S. The van der Waals surface area contributed by atoms with Crippen molar-refractivity contribution >= 4 is 33.2 Å². The summed E-state index contributed by atoms with van der Waals surface area (Å²) in [6, 6.07) is 13.2. The van der Waals surface area contributed by atoms with E-state index >= 15 is 0 Å². The van der Waals surface area contributed by atoms with Gasteiger partial charge in [-0.1, -0.05) is 42.6 Å². The number of rotatable bonds is 6. The second-order valence-corrected chi connectivity index (χ2v) is 8.96. The molecule has 0 radical (unpaired) electrons. The molecule has 1 amide bonds. The van der Waals surface area contributed by atoms with Gasteiger partial charge in [-0.2, -0.15) is 4.31 Å². The Morgan fingerprint density at radius 2 is 1.75 bits per heavy atom. The lowest BCUT2D eigenvalue weighted by Gasteiger charge is -2.20. The van der Waals surface area contributed by atoms with Crippen LogP contribution in [0.25, 0.3) is 0 Å². The van der Waals surface area contributed by atoms with Crippen molar-refractivity contribution in [3.8, 4) is 5.75 Å². The topological polar surface area (TPSA) is 75.7 Å². The quantitative estimate of drug-likeness (QED) is 0.765. The van der Waals surface area contributed by atoms with E-state index in [4.69, 9.17) is 16.3 Å². The third-order valence-corrected chi connectivity index (χ3v) is 6.72. The van der Waals surface area contributed by atoms with Gasteiger partial charge < -0.3 is 10.1 Å². The lowest BCUT2D eigenvalue weighted by molar-refractivity contribution is -0.118. The SMILES string of the molecule is O=C(COc1ccccc1Cl)Nc1cccc(S(=O)(=O)N2CCCCCC2)c1. The number of nitrogens with zero attached hydrogens (tertiary/aromatic N) is 1. The summed E-state index contributed by atoms with van der Waals surface area (Å²) in [7, 11) is -3.57. The number of anilines is 1. The highest BCUT2D eigenvalue weighted by Gasteiger charge is 2.25. The van der Waals surface area contributed by atoms with E-state index < -0.39 is 15.9 Å². The zero-order valence-corrected chi connectivity index (χ0v) is 17.0. The summed E-state index contributed by atoms with van der Waals surface area (Å²) in [6.07, 6.45) is 3.84. The lowest BCUT2D eigenvalue weighted by atomic mass is 10.2. The van der Waals surface area contributed by atoms with Crippen molar-refractivity contribution < 1.29 is 17.9 Å². The molecule has 1 saturated heterocycles. The van der Waals surface area contributed by atoms with Crippen LogP contribution >= 0.6 is 11.6 Å². The highest BCUT2D eigenvalue weighted by molar-refractivity contribution is 7.89. The van der Waals surface area contributed by atoms with E-state index in [1.165, 1.54) is 10.4 Å². The predicted octanol–water partition coefficient (Wildman–Crippen LogP) is 3.92. The summed E-state index contributed by atoms with van der Waals surface area (Å²) in [5, 5.41) is 3.09. The van der Waals surface area contributed by atoms with Gasteiger partial charge in [-0.15, -0.1) is 0 Å². The molecule has 0 saturated carbocycles. The van der Waals surface area contributed by atoms with Crippen molar-refractivity contribution in [1.29, 1.82) is 0 Å². The van der Waals surface area contributed by atoms with Crippen molar-refractivity contribution in [2.45, 2.75) is 30.6 Å². The van der Waals surface area contributed by atoms with E-state index in [-0.39, 0.29) is 11.5 Å². The molecule has 0 bridgehead atoms. The Kier molecular flexibility index (Phi) is 6.93. The minimum Gasteiger partial charge on any atom is -0.482 e. The Balaban J connectivity index is 1.65. The number of nitrogens with one attached hydrogen (secondary N) is 1. The molecule has 6 nitrogen and oxygen atoms in total. The average Bonchev–Trinajstić information content (AvgIpc) is 2.98. The predicted molar refractivity (Wildman–Crippen MR) is 109 cm³/mol. The van der Waals surface area contributed by atoms with Gasteiger partial charge >= 0.3 is 0 Å². The fourth-order valence-corrected chi connectivity index (χ4v) is 4.82. The Morgan fingerprint density at radius 1 is 1.04 bits per heavy atom. The maximum absolute atomic E-state index is 12.9. The normalized spacial score (nSPS) is 15.6. The van der Waals surface area contributed by atoms with Gasteiger partial charge in [0.05, 0.1) is 9.92 Å². The second kappa shape index (κ2) is 9.41. The zero-order chi connectivity index (χ0) is 20.0. The molecule has 0 aromatic heterocycles. The van der Waals surface area contributed by atoms with Gasteiger partial charge in [0.15, 0.2) is 6.61 Å². The van der Waals surface area contributed by atoms with Crippen molar-refractivity contribution in [2.75, 3.05) is 25.0 Å². The van der Waals surface area contributed by atoms with Gasteiger partial charge in [0.2, 0.25) is 10.0 Å². The molecule has 1 fully saturated rings. The van der Waals surface area contributed by atoms with Crippen LogP contribution in [0.1, 0.15) is 25.7 Å². The van der Waals surface area contributed by atoms with Crippen LogP contribution in [0.3, 0.4) is 0 Å². The van der Waals surface area contributed by atoms with Crippen LogP contribution in [0.4, 0.5) is 5.69 Å². The molecule has 0 unspecified atom stereocenters. The highest BCUT2D eigenvalue weighted by Crippen LogP contribution is 2.24. The Hall–Kier alpha value is -2.09. The number of para-hydroxylation sites is 1. The van der Waals surface area contributed by atoms with E-state index in [2.05, 4.69) is 5.32 Å². The van der Waals surface area contributed by atoms with Gasteiger partial charge in [-0.25, -0.2) is 8.42 Å². The third kappa shape index (κ3) is 5.25. The molecular weight excluding hydrogens is 400 g/mol. The molecule has 3 rings (SSSR count). The first-order valence-electron chi connectivity index (χ1n) is 9.24. The molecule has 1 N–H and O–H groups in total. The van der Waals surface area contributed by atoms with Crippen LogP contribution in [-0.2, 0) is 14.8 Å². The van der Waals surface area contributed by atoms with Crippen LogP contribution < -0.4 is 10.1 Å². The van der Waals surface area contributed by atoms with Crippen LogP contribution in [-0.4, -0.2) is 38.3 Å². The Morgan fingerprint density at radius 3 is 2.46 bits per heavy atom. The molecule has 150 valence electrons. The fraction of sp³-hybridized carbons (Fsp3) is 0.350. The number of carbonyl (C=O) groups is 1. The summed E-state index contributed by atoms with van der Waals surface area (Å²) in [5.41, 5.74) is 0.406. The molecule has 1 aliphatic rings. The van der Waals surface area contributed by atoms with Crippen LogP contribution in [0.2, 0.25) is 5.02 Å². The molecule has 2 aromatic rings. The van der Waals surface area contributed by atoms with E-state index in [1.807, 2.05) is 0 Å². The summed E-state index contributed by atoms with van der Waals surface area (Å²) < 4.78 is 32.7. The number of benzene rings is 2. The van der Waals surface area contributed by atoms with E-state index in [9.17, 15) is 13.2 Å². The standard InChI is InChI=1S/C20H23ClN2O4S/c21-18-10-3-4-11-19(18)27-15-20(24)22-16-8-7-9-17(14-16)28(25,26)23-12-5-1-2-6-13-23/h3-4,7-11,14H,1-2,5-6,12-13,15H2,(H,22,24). The molecule has 0 aliphatic carbocycles. The molecule has 0 atom stereocenters. The number of amides is 1. The monoisotopic (exact) mass is 422 g/mol. The Bertz CT molecular complexity index is 925. The van der Waals surface area contributed by atoms with E-state index in [0.717, 1.165) is 25.7 Å². The Labute approximate surface area is 170 Å². The zero-order valence-electron chi connectivity index (χ0n) is 15.4. The lowest BCUT2D eigenvalue weighted by Crippen LogP contribution is -2.32. The minimum absolute atomic E-state index is 0.180. The molecule has 1 aliphatic heterocycles. The van der Waals surface area contributed by atoms with Gasteiger partial charge in [-0.05, 0) is 43.2 Å². The summed E-state index contributed by atoms with van der Waals surface area (Å²) in [6.45, 7) is 0.835. The fourth-order valence-electron chi connectivity index (χ4n) is 3.07. The minimum atomic E-state index is -3.57. The number of hydrogen-bond donors (Lipinski definition) is 1. The second-order valence-electron chi connectivity index (χ2n) is 6.61. The first-order valence-corrected chi connectivity index (χ1v) is 11.1. The van der Waals surface area contributed by atoms with Crippen molar-refractivity contribution in [3.05, 3.63) is 53.6 Å². The number of halogens is 1. The molecule has 1 heterocycles. The molecule has 0 spiro atoms. The van der Waals surface area contributed by atoms with Gasteiger partial charge in [0.25, 0.3) is 5.91 Å². The number of carbonyl (C=O) groups excluding carboxylic acids is 1. The molecule has 8 heteroatoms. The van der Waals surface area contributed by atoms with Crippen LogP contribution in [0, 0.1) is 0 Å². The molecule has 2 aromatic carbocycles. The van der Waals surface area contributed by atoms with Gasteiger partial charge in [-0.3, -0.25) is 4.79 Å². The third-order valence-electron chi connectivity index (χ3n) is 4.52. The van der Waals surface area contributed by atoms with Crippen LogP contribution in [0.15, 0.2) is 53.4 Å². The summed E-state index contributed by atoms with van der Waals surface area (Å²) in [4.78, 5) is 12.3. The number of hydrogen-bond acceptors (Lipinski definition) is 4. The maximum Gasteiger partial charge on any atom is 0.262 e. The van der Waals surface area contributed by atoms with Crippen LogP contribution in [0.5, 0.6) is 5.75 Å². The molecule has 28 heavy (non-hydrogen) atoms. The smallest absolute Gasteiger partial charge is 0.262 e. The maximum atomic E-state index is 12.9. The summed E-state index contributed by atoms with van der Waals surface area (Å²) in [5.74, 6) is 0.0149.